The van der Waals surface area contributed by atoms with E-state index in [1.807, 2.05) is 11.3 Å². The van der Waals surface area contributed by atoms with E-state index in [4.69, 9.17) is 0 Å². The number of hydrogen-bond donors (Lipinski definition) is 0. The number of aryl methyl sites for hydroxylation is 1. The summed E-state index contributed by atoms with van der Waals surface area (Å²) in [6.45, 7) is 6.69. The van der Waals surface area contributed by atoms with E-state index >= 15 is 0 Å². The highest BCUT2D eigenvalue weighted by Crippen LogP contribution is 2.43. The molecule has 8 rings (SSSR count). The SMILES string of the molecule is C/C=C/c1c(-c2ccc3c(c2)sc2ccccc23)cccc1-c1c(C)cccc1-n1c2c(c3ccccc31)CC(C)C=C2. The Balaban J connectivity index is 1.38. The Morgan fingerprint density at radius 1 is 0.767 bits per heavy atom. The molecule has 1 aliphatic rings. The highest BCUT2D eigenvalue weighted by molar-refractivity contribution is 7.25. The summed E-state index contributed by atoms with van der Waals surface area (Å²) in [4.78, 5) is 0. The molecule has 0 N–H and O–H groups in total. The highest BCUT2D eigenvalue weighted by atomic mass is 32.1. The molecule has 208 valence electrons. The number of thiophene rings is 1. The molecule has 0 amide bonds. The van der Waals surface area contributed by atoms with Gasteiger partial charge in [-0.15, -0.1) is 11.3 Å². The zero-order chi connectivity index (χ0) is 29.1. The van der Waals surface area contributed by atoms with Gasteiger partial charge in [-0.25, -0.2) is 0 Å². The van der Waals surface area contributed by atoms with Crippen molar-refractivity contribution in [1.82, 2.24) is 4.57 Å². The van der Waals surface area contributed by atoms with Crippen LogP contribution in [0.3, 0.4) is 0 Å². The molecule has 5 aromatic carbocycles. The summed E-state index contributed by atoms with van der Waals surface area (Å²) in [6.07, 6.45) is 10.2. The van der Waals surface area contributed by atoms with Crippen molar-refractivity contribution in [2.45, 2.75) is 27.2 Å². The fourth-order valence-corrected chi connectivity index (χ4v) is 8.23. The Morgan fingerprint density at radius 3 is 2.42 bits per heavy atom. The predicted octanol–water partition coefficient (Wildman–Crippen LogP) is 11.9. The third kappa shape index (κ3) is 4.12. The molecule has 2 aromatic heterocycles. The molecule has 2 heterocycles. The van der Waals surface area contributed by atoms with Crippen molar-refractivity contribution >= 4 is 54.6 Å². The molecule has 43 heavy (non-hydrogen) atoms. The molecule has 0 bridgehead atoms. The van der Waals surface area contributed by atoms with E-state index in [1.165, 1.54) is 81.4 Å². The smallest absolute Gasteiger partial charge is 0.0543 e. The third-order valence-electron chi connectivity index (χ3n) is 9.02. The van der Waals surface area contributed by atoms with Crippen LogP contribution >= 0.6 is 11.3 Å². The van der Waals surface area contributed by atoms with Crippen LogP contribution in [0.15, 0.2) is 115 Å². The van der Waals surface area contributed by atoms with Crippen molar-refractivity contribution in [3.8, 4) is 27.9 Å². The summed E-state index contributed by atoms with van der Waals surface area (Å²) in [7, 11) is 0. The molecule has 0 fully saturated rings. The molecule has 2 heteroatoms. The molecule has 1 nitrogen and oxygen atoms in total. The minimum atomic E-state index is 0.542. The topological polar surface area (TPSA) is 4.93 Å². The second-order valence-electron chi connectivity index (χ2n) is 11.8. The molecular formula is C41H33NS. The fourth-order valence-electron chi connectivity index (χ4n) is 7.08. The maximum absolute atomic E-state index is 2.50. The van der Waals surface area contributed by atoms with E-state index < -0.39 is 0 Å². The number of hydrogen-bond acceptors (Lipinski definition) is 1. The molecule has 0 saturated carbocycles. The van der Waals surface area contributed by atoms with E-state index in [0.717, 1.165) is 6.42 Å². The van der Waals surface area contributed by atoms with Crippen LogP contribution in [-0.4, -0.2) is 4.57 Å². The van der Waals surface area contributed by atoms with Gasteiger partial charge in [-0.2, -0.15) is 0 Å². The average Bonchev–Trinajstić information content (AvgIpc) is 3.56. The number of para-hydroxylation sites is 1. The standard InChI is InChI=1S/C41H33NS/c1-4-11-30-29(28-21-22-33-32-14-6-8-19-39(32)43-40(33)25-28)15-10-16-34(30)41-27(3)12-9-18-38(41)42-36-17-7-5-13-31(36)35-24-26(2)20-23-37(35)42/h4-23,25-26H,24H2,1-3H3/b11-4+. The largest absolute Gasteiger partial charge is 0.309 e. The molecule has 1 atom stereocenters. The van der Waals surface area contributed by atoms with Crippen LogP contribution in [0.25, 0.3) is 71.2 Å². The monoisotopic (exact) mass is 571 g/mol. The first-order valence-electron chi connectivity index (χ1n) is 15.2. The van der Waals surface area contributed by atoms with Gasteiger partial charge in [-0.05, 0) is 89.9 Å². The van der Waals surface area contributed by atoms with Crippen molar-refractivity contribution in [3.05, 3.63) is 138 Å². The summed E-state index contributed by atoms with van der Waals surface area (Å²) in [5.74, 6) is 0.542. The van der Waals surface area contributed by atoms with Gasteiger partial charge < -0.3 is 4.57 Å². The van der Waals surface area contributed by atoms with E-state index in [-0.39, 0.29) is 0 Å². The minimum Gasteiger partial charge on any atom is -0.309 e. The van der Waals surface area contributed by atoms with Crippen LogP contribution in [-0.2, 0) is 6.42 Å². The van der Waals surface area contributed by atoms with Crippen molar-refractivity contribution in [2.75, 3.05) is 0 Å². The predicted molar refractivity (Wildman–Crippen MR) is 188 cm³/mol. The van der Waals surface area contributed by atoms with Gasteiger partial charge in [-0.3, -0.25) is 0 Å². The van der Waals surface area contributed by atoms with Crippen molar-refractivity contribution in [1.29, 1.82) is 0 Å². The molecule has 0 spiro atoms. The van der Waals surface area contributed by atoms with Gasteiger partial charge in [0.25, 0.3) is 0 Å². The Bertz CT molecular complexity index is 2250. The molecule has 1 aliphatic carbocycles. The third-order valence-corrected chi connectivity index (χ3v) is 10.2. The quantitative estimate of drug-likeness (QED) is 0.198. The minimum absolute atomic E-state index is 0.542. The van der Waals surface area contributed by atoms with Crippen molar-refractivity contribution in [3.63, 3.8) is 0 Å². The van der Waals surface area contributed by atoms with Gasteiger partial charge in [0.2, 0.25) is 0 Å². The Morgan fingerprint density at radius 2 is 1.53 bits per heavy atom. The maximum atomic E-state index is 2.50. The zero-order valence-electron chi connectivity index (χ0n) is 24.8. The first kappa shape index (κ1) is 26.0. The number of nitrogens with zero attached hydrogens (tertiary/aromatic N) is 1. The molecule has 0 saturated heterocycles. The maximum Gasteiger partial charge on any atom is 0.0543 e. The number of rotatable bonds is 4. The Kier molecular flexibility index (Phi) is 6.20. The van der Waals surface area contributed by atoms with Gasteiger partial charge in [0.15, 0.2) is 0 Å². The van der Waals surface area contributed by atoms with Gasteiger partial charge in [0.1, 0.15) is 0 Å². The first-order chi connectivity index (χ1) is 21.1. The molecule has 0 aliphatic heterocycles. The highest BCUT2D eigenvalue weighted by Gasteiger charge is 2.24. The molecule has 7 aromatic rings. The molecule has 1 unspecified atom stereocenters. The van der Waals surface area contributed by atoms with E-state index in [1.54, 1.807) is 0 Å². The summed E-state index contributed by atoms with van der Waals surface area (Å²) >= 11 is 1.88. The van der Waals surface area contributed by atoms with Crippen molar-refractivity contribution in [2.24, 2.45) is 5.92 Å². The molecular weight excluding hydrogens is 539 g/mol. The lowest BCUT2D eigenvalue weighted by Gasteiger charge is -2.21. The summed E-state index contributed by atoms with van der Waals surface area (Å²) in [5, 5.41) is 4.04. The Hall–Kier alpha value is -4.66. The van der Waals surface area contributed by atoms with Crippen LogP contribution in [0.2, 0.25) is 0 Å². The van der Waals surface area contributed by atoms with E-state index in [0.29, 0.717) is 5.92 Å². The van der Waals surface area contributed by atoms with Crippen LogP contribution < -0.4 is 0 Å². The number of allylic oxidation sites excluding steroid dienone is 2. The fraction of sp³-hybridized carbons (Fsp3) is 0.122. The van der Waals surface area contributed by atoms with Crippen LogP contribution in [0.5, 0.6) is 0 Å². The van der Waals surface area contributed by atoms with Crippen LogP contribution in [0, 0.1) is 12.8 Å². The summed E-state index contributed by atoms with van der Waals surface area (Å²) < 4.78 is 5.18. The Labute approximate surface area is 257 Å². The number of benzene rings is 5. The zero-order valence-corrected chi connectivity index (χ0v) is 25.6. The average molecular weight is 572 g/mol. The summed E-state index contributed by atoms with van der Waals surface area (Å²) in [5.41, 5.74) is 12.9. The van der Waals surface area contributed by atoms with Gasteiger partial charge in [0.05, 0.1) is 11.2 Å². The van der Waals surface area contributed by atoms with Gasteiger partial charge >= 0.3 is 0 Å². The van der Waals surface area contributed by atoms with Crippen LogP contribution in [0.1, 0.15) is 36.2 Å². The van der Waals surface area contributed by atoms with Crippen molar-refractivity contribution < 1.29 is 0 Å². The lowest BCUT2D eigenvalue weighted by Crippen LogP contribution is -2.07. The summed E-state index contributed by atoms with van der Waals surface area (Å²) in [6, 6.07) is 38.2. The normalized spacial score (nSPS) is 14.8. The second kappa shape index (κ2) is 10.3. The number of aromatic nitrogens is 1. The lowest BCUT2D eigenvalue weighted by atomic mass is 9.88. The number of fused-ring (bicyclic) bond motifs is 6. The second-order valence-corrected chi connectivity index (χ2v) is 12.9. The molecule has 0 radical (unpaired) electrons. The lowest BCUT2D eigenvalue weighted by molar-refractivity contribution is 0.718. The van der Waals surface area contributed by atoms with E-state index in [2.05, 4.69) is 153 Å². The van der Waals surface area contributed by atoms with Crippen LogP contribution in [0.4, 0.5) is 0 Å². The van der Waals surface area contributed by atoms with E-state index in [9.17, 15) is 0 Å². The first-order valence-corrected chi connectivity index (χ1v) is 16.0. The van der Waals surface area contributed by atoms with Gasteiger partial charge in [0, 0.05) is 36.8 Å². The van der Waals surface area contributed by atoms with Gasteiger partial charge in [-0.1, -0.05) is 104 Å².